The van der Waals surface area contributed by atoms with Crippen LogP contribution in [-0.4, -0.2) is 85.0 Å². The number of carbonyl (C=O) groups excluding carboxylic acids is 6. The first kappa shape index (κ1) is 35.9. The molecule has 6 N–H and O–H groups in total. The van der Waals surface area contributed by atoms with Crippen molar-refractivity contribution in [1.82, 2.24) is 20.9 Å². The van der Waals surface area contributed by atoms with Crippen LogP contribution < -0.4 is 27.0 Å². The number of methoxy groups -OCH3 is 1. The Morgan fingerprint density at radius 1 is 0.942 bits per heavy atom. The average Bonchev–Trinajstić information content (AvgIpc) is 3.73. The van der Waals surface area contributed by atoms with Crippen molar-refractivity contribution in [3.05, 3.63) is 83.4 Å². The number of nitrogens with zero attached hydrogens (tertiary/aromatic N) is 1. The predicted octanol–water partition coefficient (Wildman–Crippen LogP) is 2.78. The lowest BCUT2D eigenvalue weighted by molar-refractivity contribution is -0.145. The lowest BCUT2D eigenvalue weighted by atomic mass is 9.78. The summed E-state index contributed by atoms with van der Waals surface area (Å²) >= 11 is 0. The van der Waals surface area contributed by atoms with Crippen LogP contribution in [0.1, 0.15) is 54.6 Å². The van der Waals surface area contributed by atoms with Crippen LogP contribution in [0.2, 0.25) is 0 Å². The number of nitrogen functional groups attached to an aromatic ring is 1. The maximum absolute atomic E-state index is 13.6. The molecule has 0 saturated carbocycles. The summed E-state index contributed by atoms with van der Waals surface area (Å²) < 4.78 is 10.3. The first-order chi connectivity index (χ1) is 24.9. The molecule has 5 amide bonds. The molecule has 0 radical (unpaired) electrons. The van der Waals surface area contributed by atoms with Crippen molar-refractivity contribution < 1.29 is 38.2 Å². The number of carbonyl (C=O) groups is 6. The lowest BCUT2D eigenvalue weighted by Gasteiger charge is -2.40. The SMILES string of the molecule is COC(=O)c1ccc(NC(=O)C2NC(=O)C3C(CCN3C(=O)C(C)NC(=O)C(C)NC(=O)OCC3c4ccccc4-c4ccccc43)C2C)c(N)c1. The molecule has 0 aromatic heterocycles. The van der Waals surface area contributed by atoms with Gasteiger partial charge in [0.15, 0.2) is 0 Å². The molecule has 3 aliphatic rings. The molecule has 14 heteroatoms. The Balaban J connectivity index is 1.00. The summed E-state index contributed by atoms with van der Waals surface area (Å²) in [7, 11) is 1.25. The normalized spacial score (nSPS) is 21.4. The predicted molar refractivity (Wildman–Crippen MR) is 191 cm³/mol. The van der Waals surface area contributed by atoms with E-state index in [1.807, 2.05) is 55.5 Å². The number of piperidine rings is 1. The minimum atomic E-state index is -1.01. The number of fused-ring (bicyclic) bond motifs is 4. The topological polar surface area (TPSA) is 198 Å². The molecule has 1 aliphatic carbocycles. The Labute approximate surface area is 300 Å². The van der Waals surface area contributed by atoms with E-state index in [1.54, 1.807) is 0 Å². The zero-order chi connectivity index (χ0) is 37.3. The van der Waals surface area contributed by atoms with E-state index in [4.69, 9.17) is 15.2 Å². The van der Waals surface area contributed by atoms with Crippen molar-refractivity contribution in [2.45, 2.75) is 57.3 Å². The number of esters is 1. The van der Waals surface area contributed by atoms with Gasteiger partial charge in [-0.1, -0.05) is 55.5 Å². The van der Waals surface area contributed by atoms with Crippen molar-refractivity contribution in [3.63, 3.8) is 0 Å². The third kappa shape index (κ3) is 6.88. The fourth-order valence-corrected chi connectivity index (χ4v) is 7.53. The first-order valence-corrected chi connectivity index (χ1v) is 17.2. The zero-order valence-electron chi connectivity index (χ0n) is 29.3. The summed E-state index contributed by atoms with van der Waals surface area (Å²) in [5.74, 6) is -3.39. The second kappa shape index (κ2) is 14.7. The second-order valence-corrected chi connectivity index (χ2v) is 13.5. The van der Waals surface area contributed by atoms with E-state index in [0.717, 1.165) is 22.3 Å². The molecule has 52 heavy (non-hydrogen) atoms. The highest BCUT2D eigenvalue weighted by Crippen LogP contribution is 2.44. The highest BCUT2D eigenvalue weighted by molar-refractivity contribution is 6.02. The smallest absolute Gasteiger partial charge is 0.407 e. The summed E-state index contributed by atoms with van der Waals surface area (Å²) in [5, 5.41) is 10.7. The Hall–Kier alpha value is -5.92. The fourth-order valence-electron chi connectivity index (χ4n) is 7.53. The van der Waals surface area contributed by atoms with Crippen molar-refractivity contribution in [2.75, 3.05) is 31.3 Å². The zero-order valence-corrected chi connectivity index (χ0v) is 29.3. The molecule has 2 heterocycles. The summed E-state index contributed by atoms with van der Waals surface area (Å²) in [6, 6.07) is 16.5. The maximum atomic E-state index is 13.6. The van der Waals surface area contributed by atoms with Gasteiger partial charge in [0.25, 0.3) is 0 Å². The van der Waals surface area contributed by atoms with Crippen LogP contribution in [0.3, 0.4) is 0 Å². The molecule has 14 nitrogen and oxygen atoms in total. The Bertz CT molecular complexity index is 1890. The fraction of sp³-hybridized carbons (Fsp3) is 0.368. The van der Waals surface area contributed by atoms with Crippen molar-refractivity contribution in [2.24, 2.45) is 11.8 Å². The number of hydrogen-bond acceptors (Lipinski definition) is 9. The van der Waals surface area contributed by atoms with Gasteiger partial charge in [-0.3, -0.25) is 19.2 Å². The van der Waals surface area contributed by atoms with Crippen LogP contribution >= 0.6 is 0 Å². The van der Waals surface area contributed by atoms with Crippen LogP contribution in [0.4, 0.5) is 16.2 Å². The van der Waals surface area contributed by atoms with Gasteiger partial charge < -0.3 is 41.4 Å². The Morgan fingerprint density at radius 2 is 1.60 bits per heavy atom. The van der Waals surface area contributed by atoms with Gasteiger partial charge in [0.2, 0.25) is 23.6 Å². The third-order valence-electron chi connectivity index (χ3n) is 10.3. The second-order valence-electron chi connectivity index (χ2n) is 13.5. The van der Waals surface area contributed by atoms with Gasteiger partial charge in [0.1, 0.15) is 30.8 Å². The average molecular weight is 711 g/mol. The van der Waals surface area contributed by atoms with Gasteiger partial charge in [-0.25, -0.2) is 9.59 Å². The molecular weight excluding hydrogens is 668 g/mol. The van der Waals surface area contributed by atoms with Crippen LogP contribution in [0.15, 0.2) is 66.7 Å². The largest absolute Gasteiger partial charge is 0.465 e. The van der Waals surface area contributed by atoms with Gasteiger partial charge >= 0.3 is 12.1 Å². The van der Waals surface area contributed by atoms with E-state index in [9.17, 15) is 28.8 Å². The summed E-state index contributed by atoms with van der Waals surface area (Å²) in [4.78, 5) is 79.3. The van der Waals surface area contributed by atoms with Gasteiger partial charge in [-0.15, -0.1) is 0 Å². The number of likely N-dealkylation sites (tertiary alicyclic amines) is 1. The number of amides is 5. The molecule has 3 aromatic carbocycles. The standard InChI is InChI=1S/C38H42N6O8/c1-19-23-15-16-44(32(23)35(47)43-31(19)34(46)42-30-14-13-22(17-29(30)39)37(49)51-4)36(48)21(3)40-33(45)20(2)41-38(50)52-18-28-26-11-7-5-9-24(26)25-10-6-8-12-27(25)28/h5-14,17,19-21,23,28,31-32H,15-16,18,39H2,1-4H3,(H,40,45)(H,41,50)(H,42,46)(H,43,47). The lowest BCUT2D eigenvalue weighted by Crippen LogP contribution is -2.63. The molecular formula is C38H42N6O8. The number of benzene rings is 3. The van der Waals surface area contributed by atoms with E-state index in [0.29, 0.717) is 6.42 Å². The van der Waals surface area contributed by atoms with E-state index >= 15 is 0 Å². The van der Waals surface area contributed by atoms with Gasteiger partial charge in [0, 0.05) is 12.5 Å². The highest BCUT2D eigenvalue weighted by Gasteiger charge is 2.52. The molecule has 6 unspecified atom stereocenters. The molecule has 272 valence electrons. The van der Waals surface area contributed by atoms with Gasteiger partial charge in [0.05, 0.1) is 24.0 Å². The number of rotatable bonds is 9. The minimum Gasteiger partial charge on any atom is -0.465 e. The molecule has 2 fully saturated rings. The van der Waals surface area contributed by atoms with E-state index in [2.05, 4.69) is 21.3 Å². The van der Waals surface area contributed by atoms with E-state index in [1.165, 1.54) is 44.1 Å². The molecule has 0 spiro atoms. The number of anilines is 2. The molecule has 6 atom stereocenters. The number of alkyl carbamates (subject to hydrolysis) is 1. The summed E-state index contributed by atoms with van der Waals surface area (Å²) in [5.41, 5.74) is 11.0. The molecule has 2 aliphatic heterocycles. The van der Waals surface area contributed by atoms with E-state index < -0.39 is 59.9 Å². The van der Waals surface area contributed by atoms with Crippen molar-refractivity contribution >= 4 is 47.1 Å². The summed E-state index contributed by atoms with van der Waals surface area (Å²) in [6.45, 7) is 5.19. The number of nitrogens with one attached hydrogen (secondary N) is 4. The number of ether oxygens (including phenoxy) is 2. The van der Waals surface area contributed by atoms with Crippen molar-refractivity contribution in [3.8, 4) is 11.1 Å². The monoisotopic (exact) mass is 710 g/mol. The van der Waals surface area contributed by atoms with Crippen molar-refractivity contribution in [1.29, 1.82) is 0 Å². The van der Waals surface area contributed by atoms with Gasteiger partial charge in [-0.2, -0.15) is 0 Å². The number of nitrogens with two attached hydrogens (primary N) is 1. The highest BCUT2D eigenvalue weighted by atomic mass is 16.5. The minimum absolute atomic E-state index is 0.0851. The van der Waals surface area contributed by atoms with E-state index in [-0.39, 0.29) is 47.8 Å². The van der Waals surface area contributed by atoms with Crippen LogP contribution in [0, 0.1) is 11.8 Å². The van der Waals surface area contributed by atoms with Gasteiger partial charge in [-0.05, 0) is 72.6 Å². The Kier molecular flexibility index (Phi) is 10.2. The quantitative estimate of drug-likeness (QED) is 0.164. The molecule has 6 rings (SSSR count). The van der Waals surface area contributed by atoms with Crippen LogP contribution in [0.5, 0.6) is 0 Å². The third-order valence-corrected chi connectivity index (χ3v) is 10.3. The molecule has 0 bridgehead atoms. The number of hydrogen-bond donors (Lipinski definition) is 5. The Morgan fingerprint density at radius 3 is 2.23 bits per heavy atom. The first-order valence-electron chi connectivity index (χ1n) is 17.2. The van der Waals surface area contributed by atoms with Crippen LogP contribution in [-0.2, 0) is 28.7 Å². The molecule has 3 aromatic rings. The summed E-state index contributed by atoms with van der Waals surface area (Å²) in [6.07, 6.45) is -0.288. The van der Waals surface area contributed by atoms with Crippen LogP contribution in [0.25, 0.3) is 11.1 Å². The maximum Gasteiger partial charge on any atom is 0.407 e. The molecule has 2 saturated heterocycles.